The van der Waals surface area contributed by atoms with Gasteiger partial charge >= 0.3 is 0 Å². The van der Waals surface area contributed by atoms with E-state index in [1.54, 1.807) is 0 Å². The van der Waals surface area contributed by atoms with E-state index in [-0.39, 0.29) is 5.41 Å². The summed E-state index contributed by atoms with van der Waals surface area (Å²) in [5.74, 6) is -0.887. The van der Waals surface area contributed by atoms with E-state index in [0.717, 1.165) is 37.3 Å². The molecule has 0 spiro atoms. The third kappa shape index (κ3) is 2.67. The quantitative estimate of drug-likeness (QED) is 0.697. The minimum absolute atomic E-state index is 0.0238. The van der Waals surface area contributed by atoms with Gasteiger partial charge in [-0.05, 0) is 42.4 Å². The SMILES string of the molecule is CCCC1(c2cc(F)cc(F)c2)CCCCC1. The first kappa shape index (κ1) is 12.5. The predicted octanol–water partition coefficient (Wildman–Crippen LogP) is 4.97. The molecule has 0 N–H and O–H groups in total. The Morgan fingerprint density at radius 1 is 1.00 bits per heavy atom. The maximum atomic E-state index is 13.4. The van der Waals surface area contributed by atoms with Crippen LogP contribution in [0.5, 0.6) is 0 Å². The maximum Gasteiger partial charge on any atom is 0.126 e. The van der Waals surface area contributed by atoms with Crippen LogP contribution in [-0.4, -0.2) is 0 Å². The molecule has 0 amide bonds. The minimum atomic E-state index is -0.443. The summed E-state index contributed by atoms with van der Waals surface area (Å²) in [5, 5.41) is 0. The number of benzene rings is 1. The molecule has 2 rings (SSSR count). The van der Waals surface area contributed by atoms with Gasteiger partial charge in [0.05, 0.1) is 0 Å². The average molecular weight is 238 g/mol. The van der Waals surface area contributed by atoms with Gasteiger partial charge in [0.15, 0.2) is 0 Å². The highest BCUT2D eigenvalue weighted by molar-refractivity contribution is 5.27. The topological polar surface area (TPSA) is 0 Å². The summed E-state index contributed by atoms with van der Waals surface area (Å²) in [6.07, 6.45) is 7.86. The van der Waals surface area contributed by atoms with Crippen molar-refractivity contribution in [1.29, 1.82) is 0 Å². The van der Waals surface area contributed by atoms with Crippen molar-refractivity contribution in [1.82, 2.24) is 0 Å². The zero-order valence-electron chi connectivity index (χ0n) is 10.4. The molecule has 2 heteroatoms. The molecule has 0 radical (unpaired) electrons. The van der Waals surface area contributed by atoms with Crippen LogP contribution in [0.4, 0.5) is 8.78 Å². The smallest absolute Gasteiger partial charge is 0.126 e. The van der Waals surface area contributed by atoms with Gasteiger partial charge in [0, 0.05) is 6.07 Å². The van der Waals surface area contributed by atoms with Crippen molar-refractivity contribution in [3.63, 3.8) is 0 Å². The van der Waals surface area contributed by atoms with Crippen LogP contribution in [0.3, 0.4) is 0 Å². The summed E-state index contributed by atoms with van der Waals surface area (Å²) in [6.45, 7) is 2.14. The van der Waals surface area contributed by atoms with Crippen LogP contribution in [0, 0.1) is 11.6 Å². The van der Waals surface area contributed by atoms with Crippen molar-refractivity contribution in [2.75, 3.05) is 0 Å². The summed E-state index contributed by atoms with van der Waals surface area (Å²) >= 11 is 0. The first-order valence-electron chi connectivity index (χ1n) is 6.63. The lowest BCUT2D eigenvalue weighted by molar-refractivity contribution is 0.270. The Hall–Kier alpha value is -0.920. The summed E-state index contributed by atoms with van der Waals surface area (Å²) in [5.41, 5.74) is 0.896. The largest absolute Gasteiger partial charge is 0.207 e. The fraction of sp³-hybridized carbons (Fsp3) is 0.600. The standard InChI is InChI=1S/C15H20F2/c1-2-6-15(7-4-3-5-8-15)12-9-13(16)11-14(17)10-12/h9-11H,2-8H2,1H3. The Labute approximate surface area is 102 Å². The average Bonchev–Trinajstić information content (AvgIpc) is 2.29. The minimum Gasteiger partial charge on any atom is -0.207 e. The van der Waals surface area contributed by atoms with Crippen molar-refractivity contribution in [3.05, 3.63) is 35.4 Å². The third-order valence-electron chi connectivity index (χ3n) is 4.01. The van der Waals surface area contributed by atoms with Gasteiger partial charge in [0.2, 0.25) is 0 Å². The molecule has 0 nitrogen and oxygen atoms in total. The van der Waals surface area contributed by atoms with Crippen molar-refractivity contribution < 1.29 is 8.78 Å². The van der Waals surface area contributed by atoms with Crippen molar-refractivity contribution >= 4 is 0 Å². The normalized spacial score (nSPS) is 19.2. The molecule has 1 saturated carbocycles. The van der Waals surface area contributed by atoms with Gasteiger partial charge in [-0.2, -0.15) is 0 Å². The Balaban J connectivity index is 2.37. The van der Waals surface area contributed by atoms with E-state index in [4.69, 9.17) is 0 Å². The molecule has 0 aliphatic heterocycles. The van der Waals surface area contributed by atoms with E-state index in [0.29, 0.717) is 0 Å². The molecule has 0 saturated heterocycles. The van der Waals surface area contributed by atoms with Gasteiger partial charge in [0.1, 0.15) is 11.6 Å². The summed E-state index contributed by atoms with van der Waals surface area (Å²) < 4.78 is 26.7. The molecule has 0 unspecified atom stereocenters. The summed E-state index contributed by atoms with van der Waals surface area (Å²) in [4.78, 5) is 0. The highest BCUT2D eigenvalue weighted by Crippen LogP contribution is 2.43. The van der Waals surface area contributed by atoms with Crippen LogP contribution >= 0.6 is 0 Å². The highest BCUT2D eigenvalue weighted by Gasteiger charge is 2.33. The van der Waals surface area contributed by atoms with Crippen LogP contribution in [0.2, 0.25) is 0 Å². The second-order valence-corrected chi connectivity index (χ2v) is 5.25. The number of hydrogen-bond acceptors (Lipinski definition) is 0. The van der Waals surface area contributed by atoms with E-state index in [1.165, 1.54) is 31.4 Å². The van der Waals surface area contributed by atoms with E-state index in [2.05, 4.69) is 6.92 Å². The van der Waals surface area contributed by atoms with Gasteiger partial charge in [-0.15, -0.1) is 0 Å². The molecule has 1 aliphatic rings. The Bertz CT molecular complexity index is 353. The molecule has 1 fully saturated rings. The van der Waals surface area contributed by atoms with Crippen molar-refractivity contribution in [3.8, 4) is 0 Å². The lowest BCUT2D eigenvalue weighted by Gasteiger charge is -2.38. The molecular weight excluding hydrogens is 218 g/mol. The maximum absolute atomic E-state index is 13.4. The van der Waals surface area contributed by atoms with E-state index >= 15 is 0 Å². The second kappa shape index (κ2) is 5.16. The third-order valence-corrected chi connectivity index (χ3v) is 4.01. The van der Waals surface area contributed by atoms with Gasteiger partial charge in [0.25, 0.3) is 0 Å². The zero-order chi connectivity index (χ0) is 12.3. The van der Waals surface area contributed by atoms with Gasteiger partial charge in [-0.25, -0.2) is 8.78 Å². The zero-order valence-corrected chi connectivity index (χ0v) is 10.4. The van der Waals surface area contributed by atoms with E-state index in [9.17, 15) is 8.78 Å². The van der Waals surface area contributed by atoms with Crippen LogP contribution < -0.4 is 0 Å². The Morgan fingerprint density at radius 2 is 1.59 bits per heavy atom. The second-order valence-electron chi connectivity index (χ2n) is 5.25. The summed E-state index contributed by atoms with van der Waals surface area (Å²) in [7, 11) is 0. The molecule has 94 valence electrons. The molecule has 1 aromatic carbocycles. The van der Waals surface area contributed by atoms with Crippen LogP contribution in [0.15, 0.2) is 18.2 Å². The Kier molecular flexibility index (Phi) is 3.80. The van der Waals surface area contributed by atoms with Crippen molar-refractivity contribution in [2.24, 2.45) is 0 Å². The lowest BCUT2D eigenvalue weighted by atomic mass is 9.67. The van der Waals surface area contributed by atoms with Gasteiger partial charge < -0.3 is 0 Å². The fourth-order valence-electron chi connectivity index (χ4n) is 3.25. The van der Waals surface area contributed by atoms with E-state index < -0.39 is 11.6 Å². The van der Waals surface area contributed by atoms with Crippen molar-refractivity contribution in [2.45, 2.75) is 57.3 Å². The first-order valence-corrected chi connectivity index (χ1v) is 6.63. The molecule has 0 bridgehead atoms. The van der Waals surface area contributed by atoms with Gasteiger partial charge in [-0.1, -0.05) is 32.6 Å². The lowest BCUT2D eigenvalue weighted by Crippen LogP contribution is -2.29. The molecule has 1 aromatic rings. The molecule has 0 aromatic heterocycles. The van der Waals surface area contributed by atoms with E-state index in [1.807, 2.05) is 0 Å². The van der Waals surface area contributed by atoms with Crippen LogP contribution in [0.1, 0.15) is 57.4 Å². The molecule has 0 heterocycles. The molecular formula is C15H20F2. The monoisotopic (exact) mass is 238 g/mol. The van der Waals surface area contributed by atoms with Crippen LogP contribution in [0.25, 0.3) is 0 Å². The number of halogens is 2. The molecule has 17 heavy (non-hydrogen) atoms. The fourth-order valence-corrected chi connectivity index (χ4v) is 3.25. The number of hydrogen-bond donors (Lipinski definition) is 0. The summed E-state index contributed by atoms with van der Waals surface area (Å²) in [6, 6.07) is 4.03. The molecule has 1 aliphatic carbocycles. The first-order chi connectivity index (χ1) is 8.16. The predicted molar refractivity (Wildman–Crippen MR) is 66.0 cm³/mol. The van der Waals surface area contributed by atoms with Crippen LogP contribution in [-0.2, 0) is 5.41 Å². The Morgan fingerprint density at radius 3 is 2.12 bits per heavy atom. The highest BCUT2D eigenvalue weighted by atomic mass is 19.1. The molecule has 0 atom stereocenters. The van der Waals surface area contributed by atoms with Gasteiger partial charge in [-0.3, -0.25) is 0 Å². The number of rotatable bonds is 3.